The summed E-state index contributed by atoms with van der Waals surface area (Å²) in [4.78, 5) is 14.7. The summed E-state index contributed by atoms with van der Waals surface area (Å²) in [6, 6.07) is 13.1. The average Bonchev–Trinajstić information content (AvgIpc) is 2.90. The van der Waals surface area contributed by atoms with Crippen molar-refractivity contribution in [1.82, 2.24) is 0 Å². The van der Waals surface area contributed by atoms with E-state index in [2.05, 4.69) is 6.07 Å². The Kier molecular flexibility index (Phi) is 3.75. The zero-order valence-electron chi connectivity index (χ0n) is 9.96. The molecule has 0 unspecified atom stereocenters. The summed E-state index contributed by atoms with van der Waals surface area (Å²) in [6.07, 6.45) is 0.369. The van der Waals surface area contributed by atoms with Gasteiger partial charge in [-0.25, -0.2) is 0 Å². The van der Waals surface area contributed by atoms with Crippen LogP contribution < -0.4 is 4.90 Å². The normalized spacial score (nSPS) is 9.78. The molecule has 0 radical (unpaired) electrons. The van der Waals surface area contributed by atoms with Gasteiger partial charge in [-0.15, -0.1) is 11.3 Å². The maximum atomic E-state index is 12.1. The van der Waals surface area contributed by atoms with Gasteiger partial charge in [-0.3, -0.25) is 4.79 Å². The lowest BCUT2D eigenvalue weighted by Gasteiger charge is -2.18. The molecule has 90 valence electrons. The number of rotatable bonds is 3. The van der Waals surface area contributed by atoms with Crippen molar-refractivity contribution in [2.45, 2.75) is 6.42 Å². The number of hydrogen-bond donors (Lipinski definition) is 0. The first-order valence-corrected chi connectivity index (χ1v) is 6.38. The predicted molar refractivity (Wildman–Crippen MR) is 72.6 cm³/mol. The third-order valence-electron chi connectivity index (χ3n) is 2.67. The minimum absolute atomic E-state index is 0.0138. The van der Waals surface area contributed by atoms with Crippen LogP contribution >= 0.6 is 11.3 Å². The zero-order chi connectivity index (χ0) is 13.0. The van der Waals surface area contributed by atoms with Crippen LogP contribution in [0.15, 0.2) is 41.8 Å². The number of likely N-dealkylation sites (N-methyl/N-ethyl adjacent to an activating group) is 1. The molecule has 2 rings (SSSR count). The van der Waals surface area contributed by atoms with Crippen LogP contribution in [0.3, 0.4) is 0 Å². The van der Waals surface area contributed by atoms with Crippen molar-refractivity contribution in [3.8, 4) is 6.07 Å². The lowest BCUT2D eigenvalue weighted by molar-refractivity contribution is -0.117. The molecule has 0 saturated carbocycles. The Labute approximate surface area is 110 Å². The molecule has 0 N–H and O–H groups in total. The van der Waals surface area contributed by atoms with E-state index >= 15 is 0 Å². The molecule has 0 spiro atoms. The van der Waals surface area contributed by atoms with Crippen LogP contribution in [-0.4, -0.2) is 13.0 Å². The Balaban J connectivity index is 2.18. The molecule has 0 saturated heterocycles. The number of para-hydroxylation sites is 1. The number of benzene rings is 1. The highest BCUT2D eigenvalue weighted by Crippen LogP contribution is 2.19. The topological polar surface area (TPSA) is 44.1 Å². The van der Waals surface area contributed by atoms with Crippen molar-refractivity contribution in [2.75, 3.05) is 11.9 Å². The molecule has 1 heterocycles. The summed E-state index contributed by atoms with van der Waals surface area (Å²) in [5.74, 6) is -0.0138. The summed E-state index contributed by atoms with van der Waals surface area (Å²) < 4.78 is 0. The minimum Gasteiger partial charge on any atom is -0.314 e. The average molecular weight is 256 g/mol. The van der Waals surface area contributed by atoms with Crippen LogP contribution in [0.4, 0.5) is 5.69 Å². The SMILES string of the molecule is CN(C(=O)Cc1cccs1)c1ccccc1C#N. The molecule has 1 amide bonds. The summed E-state index contributed by atoms with van der Waals surface area (Å²) in [5.41, 5.74) is 1.17. The molecule has 4 heteroatoms. The smallest absolute Gasteiger partial charge is 0.232 e. The number of anilines is 1. The van der Waals surface area contributed by atoms with E-state index in [0.29, 0.717) is 17.7 Å². The van der Waals surface area contributed by atoms with Crippen LogP contribution in [0.2, 0.25) is 0 Å². The van der Waals surface area contributed by atoms with Crippen LogP contribution in [0, 0.1) is 11.3 Å². The van der Waals surface area contributed by atoms with E-state index in [0.717, 1.165) is 4.88 Å². The maximum Gasteiger partial charge on any atom is 0.232 e. The fourth-order valence-electron chi connectivity index (χ4n) is 1.68. The second-order valence-corrected chi connectivity index (χ2v) is 4.87. The highest BCUT2D eigenvalue weighted by Gasteiger charge is 2.14. The van der Waals surface area contributed by atoms with Gasteiger partial charge in [0.2, 0.25) is 5.91 Å². The van der Waals surface area contributed by atoms with Crippen LogP contribution in [-0.2, 0) is 11.2 Å². The zero-order valence-corrected chi connectivity index (χ0v) is 10.8. The molecular weight excluding hydrogens is 244 g/mol. The number of carbonyl (C=O) groups excluding carboxylic acids is 1. The van der Waals surface area contributed by atoms with Gasteiger partial charge in [0.25, 0.3) is 0 Å². The van der Waals surface area contributed by atoms with Crippen molar-refractivity contribution in [2.24, 2.45) is 0 Å². The van der Waals surface area contributed by atoms with Crippen molar-refractivity contribution in [1.29, 1.82) is 5.26 Å². The Morgan fingerprint density at radius 3 is 2.78 bits per heavy atom. The first-order chi connectivity index (χ1) is 8.72. The molecule has 3 nitrogen and oxygen atoms in total. The van der Waals surface area contributed by atoms with Gasteiger partial charge >= 0.3 is 0 Å². The van der Waals surface area contributed by atoms with Gasteiger partial charge in [0.05, 0.1) is 17.7 Å². The highest BCUT2D eigenvalue weighted by atomic mass is 32.1. The molecule has 0 aliphatic heterocycles. The van der Waals surface area contributed by atoms with Crippen LogP contribution in [0.5, 0.6) is 0 Å². The third kappa shape index (κ3) is 2.58. The number of carbonyl (C=O) groups is 1. The molecule has 0 aliphatic carbocycles. The Morgan fingerprint density at radius 2 is 2.11 bits per heavy atom. The van der Waals surface area contributed by atoms with E-state index in [1.807, 2.05) is 23.6 Å². The molecule has 18 heavy (non-hydrogen) atoms. The van der Waals surface area contributed by atoms with Crippen molar-refractivity contribution in [3.05, 3.63) is 52.2 Å². The number of hydrogen-bond acceptors (Lipinski definition) is 3. The molecule has 1 aromatic carbocycles. The first-order valence-electron chi connectivity index (χ1n) is 5.50. The first kappa shape index (κ1) is 12.3. The standard InChI is InChI=1S/C14H12N2OS/c1-16(13-7-3-2-5-11(13)10-15)14(17)9-12-6-4-8-18-12/h2-8H,9H2,1H3. The largest absolute Gasteiger partial charge is 0.314 e. The molecule has 1 aromatic heterocycles. The fourth-order valence-corrected chi connectivity index (χ4v) is 2.37. The minimum atomic E-state index is -0.0138. The van der Waals surface area contributed by atoms with Gasteiger partial charge in [-0.1, -0.05) is 18.2 Å². The molecule has 0 aliphatic rings. The predicted octanol–water partition coefficient (Wildman–Crippen LogP) is 2.83. The van der Waals surface area contributed by atoms with E-state index in [1.165, 1.54) is 4.90 Å². The summed E-state index contributed by atoms with van der Waals surface area (Å²) in [6.45, 7) is 0. The van der Waals surface area contributed by atoms with Crippen LogP contribution in [0.25, 0.3) is 0 Å². The second-order valence-electron chi connectivity index (χ2n) is 3.84. The Morgan fingerprint density at radius 1 is 1.33 bits per heavy atom. The van der Waals surface area contributed by atoms with E-state index < -0.39 is 0 Å². The fraction of sp³-hybridized carbons (Fsp3) is 0.143. The lowest BCUT2D eigenvalue weighted by atomic mass is 10.1. The molecular formula is C14H12N2OS. The number of nitriles is 1. The Bertz CT molecular complexity index is 584. The van der Waals surface area contributed by atoms with E-state index in [-0.39, 0.29) is 5.91 Å². The van der Waals surface area contributed by atoms with E-state index in [1.54, 1.807) is 36.6 Å². The highest BCUT2D eigenvalue weighted by molar-refractivity contribution is 7.10. The molecule has 0 fully saturated rings. The third-order valence-corrected chi connectivity index (χ3v) is 3.54. The second kappa shape index (κ2) is 5.48. The van der Waals surface area contributed by atoms with Gasteiger partial charge in [0.1, 0.15) is 6.07 Å². The summed E-state index contributed by atoms with van der Waals surface area (Å²) in [7, 11) is 1.70. The van der Waals surface area contributed by atoms with Gasteiger partial charge in [-0.05, 0) is 23.6 Å². The quantitative estimate of drug-likeness (QED) is 0.847. The number of nitrogens with zero attached hydrogens (tertiary/aromatic N) is 2. The maximum absolute atomic E-state index is 12.1. The summed E-state index contributed by atoms with van der Waals surface area (Å²) >= 11 is 1.56. The van der Waals surface area contributed by atoms with Gasteiger partial charge in [0, 0.05) is 11.9 Å². The van der Waals surface area contributed by atoms with E-state index in [4.69, 9.17) is 5.26 Å². The summed E-state index contributed by atoms with van der Waals surface area (Å²) in [5, 5.41) is 11.0. The lowest BCUT2D eigenvalue weighted by Crippen LogP contribution is -2.28. The molecule has 0 atom stereocenters. The van der Waals surface area contributed by atoms with Gasteiger partial charge in [-0.2, -0.15) is 5.26 Å². The van der Waals surface area contributed by atoms with E-state index in [9.17, 15) is 4.79 Å². The van der Waals surface area contributed by atoms with Crippen LogP contribution in [0.1, 0.15) is 10.4 Å². The molecule has 2 aromatic rings. The number of thiophene rings is 1. The Hall–Kier alpha value is -2.12. The monoisotopic (exact) mass is 256 g/mol. The van der Waals surface area contributed by atoms with Crippen molar-refractivity contribution < 1.29 is 4.79 Å². The number of amides is 1. The van der Waals surface area contributed by atoms with Crippen molar-refractivity contribution >= 4 is 22.9 Å². The van der Waals surface area contributed by atoms with Crippen molar-refractivity contribution in [3.63, 3.8) is 0 Å². The molecule has 0 bridgehead atoms. The van der Waals surface area contributed by atoms with Gasteiger partial charge in [0.15, 0.2) is 0 Å². The van der Waals surface area contributed by atoms with Gasteiger partial charge < -0.3 is 4.90 Å².